The van der Waals surface area contributed by atoms with E-state index in [4.69, 9.17) is 0 Å². The lowest BCUT2D eigenvalue weighted by atomic mass is 10.2. The number of piperazine rings is 1. The van der Waals surface area contributed by atoms with Crippen molar-refractivity contribution in [2.75, 3.05) is 31.1 Å². The molecule has 0 aliphatic carbocycles. The topological polar surface area (TPSA) is 84.2 Å². The van der Waals surface area contributed by atoms with Crippen LogP contribution in [0.25, 0.3) is 11.3 Å². The maximum Gasteiger partial charge on any atom is 0.417 e. The summed E-state index contributed by atoms with van der Waals surface area (Å²) in [6.45, 7) is 1.37. The molecule has 32 heavy (non-hydrogen) atoms. The molecular weight excluding hydrogens is 425 g/mol. The molecule has 0 spiro atoms. The van der Waals surface area contributed by atoms with Crippen LogP contribution in [-0.2, 0) is 17.5 Å². The predicted octanol–water partition coefficient (Wildman–Crippen LogP) is 2.07. The van der Waals surface area contributed by atoms with Crippen LogP contribution >= 0.6 is 0 Å². The summed E-state index contributed by atoms with van der Waals surface area (Å²) in [5.74, 6) is 0.166. The number of nitrogens with zero attached hydrogens (tertiary/aromatic N) is 6. The van der Waals surface area contributed by atoms with Crippen molar-refractivity contribution in [3.63, 3.8) is 0 Å². The van der Waals surface area contributed by atoms with Crippen LogP contribution in [-0.4, -0.2) is 56.7 Å². The molecule has 1 amide bonds. The highest BCUT2D eigenvalue weighted by Crippen LogP contribution is 2.29. The van der Waals surface area contributed by atoms with Gasteiger partial charge in [0.1, 0.15) is 12.4 Å². The van der Waals surface area contributed by atoms with Gasteiger partial charge in [0.15, 0.2) is 0 Å². The van der Waals surface area contributed by atoms with E-state index in [1.54, 1.807) is 35.5 Å². The Hall–Kier alpha value is -3.76. The molecule has 0 radical (unpaired) electrons. The van der Waals surface area contributed by atoms with Crippen molar-refractivity contribution >= 4 is 11.7 Å². The fourth-order valence-electron chi connectivity index (χ4n) is 3.39. The molecule has 4 rings (SSSR count). The van der Waals surface area contributed by atoms with Crippen molar-refractivity contribution in [3.8, 4) is 11.3 Å². The van der Waals surface area contributed by atoms with Crippen molar-refractivity contribution < 1.29 is 18.0 Å². The predicted molar refractivity (Wildman–Crippen MR) is 110 cm³/mol. The number of carbonyl (C=O) groups excluding carboxylic acids is 1. The van der Waals surface area contributed by atoms with Crippen molar-refractivity contribution in [3.05, 3.63) is 70.9 Å². The van der Waals surface area contributed by atoms with Crippen molar-refractivity contribution in [2.24, 2.45) is 0 Å². The summed E-state index contributed by atoms with van der Waals surface area (Å²) in [7, 11) is 0. The van der Waals surface area contributed by atoms with E-state index < -0.39 is 11.7 Å². The molecule has 3 aromatic rings. The van der Waals surface area contributed by atoms with Gasteiger partial charge in [-0.2, -0.15) is 18.3 Å². The molecular formula is C21H19F3N6O2. The number of amides is 1. The number of hydrogen-bond acceptors (Lipinski definition) is 6. The molecule has 8 nitrogen and oxygen atoms in total. The first-order chi connectivity index (χ1) is 15.3. The third-order valence-electron chi connectivity index (χ3n) is 5.16. The Labute approximate surface area is 180 Å². The third kappa shape index (κ3) is 4.76. The first-order valence-corrected chi connectivity index (χ1v) is 9.86. The van der Waals surface area contributed by atoms with E-state index in [1.807, 2.05) is 4.90 Å². The van der Waals surface area contributed by atoms with Gasteiger partial charge < -0.3 is 9.80 Å². The van der Waals surface area contributed by atoms with Gasteiger partial charge in [0.2, 0.25) is 5.91 Å². The van der Waals surface area contributed by atoms with Gasteiger partial charge in [-0.25, -0.2) is 9.67 Å². The lowest BCUT2D eigenvalue weighted by Gasteiger charge is -2.35. The van der Waals surface area contributed by atoms with Crippen LogP contribution in [0.5, 0.6) is 0 Å². The highest BCUT2D eigenvalue weighted by molar-refractivity contribution is 5.76. The second kappa shape index (κ2) is 8.77. The second-order valence-electron chi connectivity index (χ2n) is 7.22. The first kappa shape index (κ1) is 21.5. The summed E-state index contributed by atoms with van der Waals surface area (Å²) >= 11 is 0. The molecule has 1 aliphatic rings. The average Bonchev–Trinajstić information content (AvgIpc) is 2.81. The Bertz CT molecular complexity index is 1140. The van der Waals surface area contributed by atoms with Crippen molar-refractivity contribution in [1.29, 1.82) is 0 Å². The van der Waals surface area contributed by atoms with E-state index in [-0.39, 0.29) is 18.0 Å². The monoisotopic (exact) mass is 444 g/mol. The van der Waals surface area contributed by atoms with E-state index in [1.165, 1.54) is 12.1 Å². The number of pyridine rings is 2. The average molecular weight is 444 g/mol. The van der Waals surface area contributed by atoms with Gasteiger partial charge in [0.05, 0.1) is 11.3 Å². The lowest BCUT2D eigenvalue weighted by molar-refractivity contribution is -0.138. The van der Waals surface area contributed by atoms with Gasteiger partial charge in [-0.05, 0) is 30.3 Å². The molecule has 4 heterocycles. The molecule has 1 aliphatic heterocycles. The quantitative estimate of drug-likeness (QED) is 0.613. The number of hydrogen-bond donors (Lipinski definition) is 0. The van der Waals surface area contributed by atoms with E-state index in [9.17, 15) is 22.8 Å². The molecule has 0 atom stereocenters. The number of rotatable bonds is 4. The molecule has 1 saturated heterocycles. The third-order valence-corrected chi connectivity index (χ3v) is 5.16. The Morgan fingerprint density at radius 3 is 2.31 bits per heavy atom. The molecule has 0 aromatic carbocycles. The normalized spacial score (nSPS) is 14.5. The number of aromatic nitrogens is 4. The maximum absolute atomic E-state index is 12.7. The Balaban J connectivity index is 1.38. The van der Waals surface area contributed by atoms with Crippen LogP contribution in [0.15, 0.2) is 59.8 Å². The minimum absolute atomic E-state index is 0.198. The smallest absolute Gasteiger partial charge is 0.353 e. The Kier molecular flexibility index (Phi) is 5.89. The Morgan fingerprint density at radius 2 is 1.69 bits per heavy atom. The van der Waals surface area contributed by atoms with Gasteiger partial charge in [-0.1, -0.05) is 0 Å². The van der Waals surface area contributed by atoms with Gasteiger partial charge in [-0.15, -0.1) is 0 Å². The molecule has 0 unspecified atom stereocenters. The summed E-state index contributed by atoms with van der Waals surface area (Å²) in [5, 5.41) is 4.28. The number of halogens is 3. The highest BCUT2D eigenvalue weighted by Gasteiger charge is 2.31. The van der Waals surface area contributed by atoms with Crippen LogP contribution in [0, 0.1) is 0 Å². The molecule has 1 fully saturated rings. The van der Waals surface area contributed by atoms with Crippen molar-refractivity contribution in [1.82, 2.24) is 24.6 Å². The summed E-state index contributed by atoms with van der Waals surface area (Å²) in [6, 6.07) is 8.79. The fraction of sp³-hybridized carbons (Fsp3) is 0.286. The minimum atomic E-state index is -4.43. The van der Waals surface area contributed by atoms with Crippen LogP contribution in [0.4, 0.5) is 19.0 Å². The zero-order valence-corrected chi connectivity index (χ0v) is 16.9. The second-order valence-corrected chi connectivity index (χ2v) is 7.22. The SMILES string of the molecule is O=C(Cn1nc(-c2ccncc2)ccc1=O)N1CCN(c2ccc(C(F)(F)F)cn2)CC1. The zero-order valence-electron chi connectivity index (χ0n) is 16.9. The van der Waals surface area contributed by atoms with Gasteiger partial charge >= 0.3 is 6.18 Å². The fourth-order valence-corrected chi connectivity index (χ4v) is 3.39. The molecule has 0 N–H and O–H groups in total. The van der Waals surface area contributed by atoms with Crippen molar-refractivity contribution in [2.45, 2.75) is 12.7 Å². The van der Waals surface area contributed by atoms with E-state index in [0.29, 0.717) is 37.7 Å². The Morgan fingerprint density at radius 1 is 0.969 bits per heavy atom. The van der Waals surface area contributed by atoms with E-state index in [2.05, 4.69) is 15.1 Å². The molecule has 0 saturated carbocycles. The molecule has 11 heteroatoms. The van der Waals surface area contributed by atoms with Gasteiger partial charge in [0, 0.05) is 56.4 Å². The summed E-state index contributed by atoms with van der Waals surface area (Å²) < 4.78 is 39.2. The maximum atomic E-state index is 12.7. The summed E-state index contributed by atoms with van der Waals surface area (Å²) in [6.07, 6.45) is -0.399. The molecule has 3 aromatic heterocycles. The van der Waals surface area contributed by atoms with Gasteiger partial charge in [-0.3, -0.25) is 14.6 Å². The number of alkyl halides is 3. The summed E-state index contributed by atoms with van der Waals surface area (Å²) in [5.41, 5.74) is 0.141. The largest absolute Gasteiger partial charge is 0.417 e. The first-order valence-electron chi connectivity index (χ1n) is 9.86. The van der Waals surface area contributed by atoms with E-state index >= 15 is 0 Å². The summed E-state index contributed by atoms with van der Waals surface area (Å²) in [4.78, 5) is 36.2. The van der Waals surface area contributed by atoms with Crippen LogP contribution in [0.2, 0.25) is 0 Å². The number of anilines is 1. The van der Waals surface area contributed by atoms with Crippen LogP contribution in [0.3, 0.4) is 0 Å². The highest BCUT2D eigenvalue weighted by atomic mass is 19.4. The molecule has 166 valence electrons. The minimum Gasteiger partial charge on any atom is -0.353 e. The standard InChI is InChI=1S/C21H19F3N6O2/c22-21(23,24)16-1-3-18(26-13-16)28-9-11-29(12-10-28)20(32)14-30-19(31)4-2-17(27-30)15-5-7-25-8-6-15/h1-8,13H,9-12,14H2. The number of carbonyl (C=O) groups is 1. The zero-order chi connectivity index (χ0) is 22.7. The van der Waals surface area contributed by atoms with E-state index in [0.717, 1.165) is 22.5 Å². The molecule has 0 bridgehead atoms. The van der Waals surface area contributed by atoms with Crippen LogP contribution < -0.4 is 10.5 Å². The van der Waals surface area contributed by atoms with Crippen LogP contribution in [0.1, 0.15) is 5.56 Å². The lowest BCUT2D eigenvalue weighted by Crippen LogP contribution is -2.50. The van der Waals surface area contributed by atoms with Gasteiger partial charge in [0.25, 0.3) is 5.56 Å².